The third-order valence-corrected chi connectivity index (χ3v) is 2.89. The van der Waals surface area contributed by atoms with Gasteiger partial charge in [-0.15, -0.1) is 0 Å². The first-order valence-corrected chi connectivity index (χ1v) is 5.93. The summed E-state index contributed by atoms with van der Waals surface area (Å²) in [6, 6.07) is 8.20. The van der Waals surface area contributed by atoms with Gasteiger partial charge in [0.1, 0.15) is 5.82 Å². The summed E-state index contributed by atoms with van der Waals surface area (Å²) in [5.74, 6) is -0.225. The van der Waals surface area contributed by atoms with E-state index in [-0.39, 0.29) is 5.82 Å². The lowest BCUT2D eigenvalue weighted by Gasteiger charge is -2.09. The zero-order chi connectivity index (χ0) is 13.0. The van der Waals surface area contributed by atoms with Crippen molar-refractivity contribution in [2.75, 3.05) is 17.6 Å². The van der Waals surface area contributed by atoms with Gasteiger partial charge in [0.2, 0.25) is 0 Å². The average molecular weight is 266 g/mol. The predicted molar refractivity (Wildman–Crippen MR) is 72.3 cm³/mol. The Morgan fingerprint density at radius 1 is 1.22 bits per heavy atom. The molecule has 0 unspecified atom stereocenters. The summed E-state index contributed by atoms with van der Waals surface area (Å²) < 4.78 is 12.7. The van der Waals surface area contributed by atoms with Crippen molar-refractivity contribution < 1.29 is 4.39 Å². The minimum atomic E-state index is -0.225. The number of nitrogens with zero attached hydrogens (tertiary/aromatic N) is 1. The minimum absolute atomic E-state index is 0.225. The maximum atomic E-state index is 12.7. The number of halogens is 2. The molecular formula is C13H13ClFN3. The molecular weight excluding hydrogens is 253 g/mol. The molecule has 0 atom stereocenters. The van der Waals surface area contributed by atoms with Crippen LogP contribution in [0.3, 0.4) is 0 Å². The van der Waals surface area contributed by atoms with Gasteiger partial charge in [-0.1, -0.05) is 23.7 Å². The Bertz CT molecular complexity index is 528. The van der Waals surface area contributed by atoms with Gasteiger partial charge in [-0.2, -0.15) is 0 Å². The van der Waals surface area contributed by atoms with Gasteiger partial charge in [0, 0.05) is 12.7 Å². The molecule has 0 radical (unpaired) electrons. The summed E-state index contributed by atoms with van der Waals surface area (Å²) in [7, 11) is 0. The molecule has 2 aromatic rings. The molecule has 1 heterocycles. The highest BCUT2D eigenvalue weighted by Gasteiger charge is 2.03. The van der Waals surface area contributed by atoms with Gasteiger partial charge in [-0.05, 0) is 30.2 Å². The van der Waals surface area contributed by atoms with E-state index in [0.29, 0.717) is 17.4 Å². The number of hydrogen-bond acceptors (Lipinski definition) is 3. The molecule has 0 saturated carbocycles. The predicted octanol–water partition coefficient (Wildman–Crippen LogP) is 3.11. The molecule has 0 aliphatic carbocycles. The second kappa shape index (κ2) is 5.69. The summed E-state index contributed by atoms with van der Waals surface area (Å²) in [6.07, 6.45) is 2.37. The smallest absolute Gasteiger partial charge is 0.153 e. The van der Waals surface area contributed by atoms with Crippen molar-refractivity contribution >= 4 is 23.0 Å². The molecule has 0 fully saturated rings. The second-order valence-electron chi connectivity index (χ2n) is 3.87. The van der Waals surface area contributed by atoms with Crippen molar-refractivity contribution in [2.24, 2.45) is 0 Å². The first kappa shape index (κ1) is 12.6. The highest BCUT2D eigenvalue weighted by Crippen LogP contribution is 2.24. The quantitative estimate of drug-likeness (QED) is 0.835. The Morgan fingerprint density at radius 3 is 2.67 bits per heavy atom. The fraction of sp³-hybridized carbons (Fsp3) is 0.154. The van der Waals surface area contributed by atoms with Crippen LogP contribution >= 0.6 is 11.6 Å². The summed E-state index contributed by atoms with van der Waals surface area (Å²) in [4.78, 5) is 3.87. The van der Waals surface area contributed by atoms with Crippen LogP contribution in [-0.2, 0) is 6.42 Å². The Labute approximate surface area is 110 Å². The van der Waals surface area contributed by atoms with E-state index in [0.717, 1.165) is 17.7 Å². The first-order valence-electron chi connectivity index (χ1n) is 5.55. The molecule has 2 rings (SSSR count). The monoisotopic (exact) mass is 265 g/mol. The Balaban J connectivity index is 1.92. The van der Waals surface area contributed by atoms with Crippen LogP contribution in [0.25, 0.3) is 0 Å². The van der Waals surface area contributed by atoms with E-state index in [1.807, 2.05) is 0 Å². The highest BCUT2D eigenvalue weighted by atomic mass is 35.5. The zero-order valence-corrected chi connectivity index (χ0v) is 10.4. The lowest BCUT2D eigenvalue weighted by atomic mass is 10.1. The van der Waals surface area contributed by atoms with E-state index in [2.05, 4.69) is 10.3 Å². The molecule has 3 N–H and O–H groups in total. The number of hydrogen-bond donors (Lipinski definition) is 2. The molecule has 1 aromatic heterocycles. The second-order valence-corrected chi connectivity index (χ2v) is 4.22. The van der Waals surface area contributed by atoms with Gasteiger partial charge in [-0.3, -0.25) is 0 Å². The van der Waals surface area contributed by atoms with E-state index in [1.165, 1.54) is 12.1 Å². The third kappa shape index (κ3) is 3.11. The largest absolute Gasteiger partial charge is 0.395 e. The Kier molecular flexibility index (Phi) is 3.99. The number of rotatable bonds is 4. The molecule has 5 heteroatoms. The van der Waals surface area contributed by atoms with E-state index in [9.17, 15) is 4.39 Å². The highest BCUT2D eigenvalue weighted by molar-refractivity contribution is 6.32. The van der Waals surface area contributed by atoms with Crippen LogP contribution in [0.15, 0.2) is 36.5 Å². The van der Waals surface area contributed by atoms with Gasteiger partial charge in [0.25, 0.3) is 0 Å². The number of nitrogen functional groups attached to an aromatic ring is 1. The number of pyridine rings is 1. The lowest BCUT2D eigenvalue weighted by molar-refractivity contribution is 0.627. The summed E-state index contributed by atoms with van der Waals surface area (Å²) in [5.41, 5.74) is 8.04. The average Bonchev–Trinajstić information content (AvgIpc) is 2.37. The fourth-order valence-corrected chi connectivity index (χ4v) is 1.75. The topological polar surface area (TPSA) is 50.9 Å². The van der Waals surface area contributed by atoms with Crippen molar-refractivity contribution in [1.82, 2.24) is 4.98 Å². The zero-order valence-electron chi connectivity index (χ0n) is 9.66. The van der Waals surface area contributed by atoms with Gasteiger partial charge < -0.3 is 11.1 Å². The molecule has 0 saturated heterocycles. The van der Waals surface area contributed by atoms with Crippen molar-refractivity contribution in [3.8, 4) is 0 Å². The van der Waals surface area contributed by atoms with Gasteiger partial charge in [0.15, 0.2) is 5.15 Å². The summed E-state index contributed by atoms with van der Waals surface area (Å²) >= 11 is 5.81. The van der Waals surface area contributed by atoms with Gasteiger partial charge >= 0.3 is 0 Å². The number of anilines is 2. The number of nitrogens with two attached hydrogens (primary N) is 1. The minimum Gasteiger partial charge on any atom is -0.395 e. The normalized spacial score (nSPS) is 10.3. The van der Waals surface area contributed by atoms with E-state index in [1.54, 1.807) is 24.4 Å². The van der Waals surface area contributed by atoms with Crippen LogP contribution in [0.1, 0.15) is 5.56 Å². The van der Waals surface area contributed by atoms with Crippen LogP contribution in [0.2, 0.25) is 5.15 Å². The third-order valence-electron chi connectivity index (χ3n) is 2.58. The van der Waals surface area contributed by atoms with Crippen molar-refractivity contribution in [3.05, 3.63) is 53.1 Å². The molecule has 3 nitrogen and oxygen atoms in total. The molecule has 0 amide bonds. The molecule has 1 aromatic carbocycles. The number of nitrogens with one attached hydrogen (secondary N) is 1. The Hall–Kier alpha value is -1.81. The van der Waals surface area contributed by atoms with E-state index in [4.69, 9.17) is 17.3 Å². The lowest BCUT2D eigenvalue weighted by Crippen LogP contribution is -2.07. The molecule has 0 bridgehead atoms. The van der Waals surface area contributed by atoms with Crippen LogP contribution in [0, 0.1) is 5.82 Å². The molecule has 18 heavy (non-hydrogen) atoms. The summed E-state index contributed by atoms with van der Waals surface area (Å²) in [6.45, 7) is 0.691. The maximum Gasteiger partial charge on any atom is 0.153 e. The maximum absolute atomic E-state index is 12.7. The molecule has 94 valence electrons. The van der Waals surface area contributed by atoms with Gasteiger partial charge in [-0.25, -0.2) is 9.37 Å². The fourth-order valence-electron chi connectivity index (χ4n) is 1.59. The number of aromatic nitrogens is 1. The SMILES string of the molecule is Nc1c(NCCc2ccc(F)cc2)ccnc1Cl. The molecule has 0 spiro atoms. The summed E-state index contributed by atoms with van der Waals surface area (Å²) in [5, 5.41) is 3.47. The van der Waals surface area contributed by atoms with E-state index < -0.39 is 0 Å². The van der Waals surface area contributed by atoms with Crippen LogP contribution in [0.5, 0.6) is 0 Å². The standard InChI is InChI=1S/C13H13ClFN3/c14-13-12(16)11(6-8-18-13)17-7-5-9-1-3-10(15)4-2-9/h1-4,6,8H,5,7,16H2,(H,17,18). The number of benzene rings is 1. The van der Waals surface area contributed by atoms with Crippen molar-refractivity contribution in [2.45, 2.75) is 6.42 Å². The van der Waals surface area contributed by atoms with E-state index >= 15 is 0 Å². The van der Waals surface area contributed by atoms with Crippen molar-refractivity contribution in [3.63, 3.8) is 0 Å². The van der Waals surface area contributed by atoms with Crippen molar-refractivity contribution in [1.29, 1.82) is 0 Å². The van der Waals surface area contributed by atoms with Crippen LogP contribution in [-0.4, -0.2) is 11.5 Å². The van der Waals surface area contributed by atoms with Crippen LogP contribution < -0.4 is 11.1 Å². The Morgan fingerprint density at radius 2 is 1.94 bits per heavy atom. The molecule has 0 aliphatic rings. The first-order chi connectivity index (χ1) is 8.66. The molecule has 0 aliphatic heterocycles. The van der Waals surface area contributed by atoms with Crippen LogP contribution in [0.4, 0.5) is 15.8 Å². The van der Waals surface area contributed by atoms with Gasteiger partial charge in [0.05, 0.1) is 11.4 Å².